The van der Waals surface area contributed by atoms with Crippen LogP contribution < -0.4 is 11.1 Å². The van der Waals surface area contributed by atoms with Crippen molar-refractivity contribution in [3.63, 3.8) is 0 Å². The highest BCUT2D eigenvalue weighted by molar-refractivity contribution is 5.85. The minimum atomic E-state index is -0.451. The summed E-state index contributed by atoms with van der Waals surface area (Å²) in [5.41, 5.74) is 6.46. The van der Waals surface area contributed by atoms with Crippen molar-refractivity contribution in [2.45, 2.75) is 56.5 Å². The third-order valence-electron chi connectivity index (χ3n) is 6.17. The fourth-order valence-corrected chi connectivity index (χ4v) is 4.92. The molecule has 3 fully saturated rings. The molecule has 3 nitrogen and oxygen atoms in total. The van der Waals surface area contributed by atoms with Gasteiger partial charge in [-0.15, -0.1) is 12.4 Å². The van der Waals surface area contributed by atoms with Crippen LogP contribution in [0.1, 0.15) is 50.0 Å². The van der Waals surface area contributed by atoms with Gasteiger partial charge in [-0.1, -0.05) is 6.42 Å². The zero-order chi connectivity index (χ0) is 16.8. The van der Waals surface area contributed by atoms with Gasteiger partial charge in [0.25, 0.3) is 0 Å². The molecule has 4 unspecified atom stereocenters. The van der Waals surface area contributed by atoms with Gasteiger partial charge in [-0.05, 0) is 73.6 Å². The lowest BCUT2D eigenvalue weighted by Gasteiger charge is -2.45. The van der Waals surface area contributed by atoms with Crippen LogP contribution in [0.5, 0.6) is 0 Å². The van der Waals surface area contributed by atoms with Crippen LogP contribution in [0.15, 0.2) is 18.2 Å². The van der Waals surface area contributed by atoms with Crippen molar-refractivity contribution < 1.29 is 13.6 Å². The first-order valence-corrected chi connectivity index (χ1v) is 9.04. The summed E-state index contributed by atoms with van der Waals surface area (Å²) in [6, 6.07) is 3.95. The summed E-state index contributed by atoms with van der Waals surface area (Å²) in [5.74, 6) is -0.338. The molecule has 138 valence electrons. The van der Waals surface area contributed by atoms with Gasteiger partial charge in [0.1, 0.15) is 11.6 Å². The van der Waals surface area contributed by atoms with Crippen molar-refractivity contribution in [1.82, 2.24) is 5.32 Å². The van der Waals surface area contributed by atoms with E-state index in [1.807, 2.05) is 0 Å². The summed E-state index contributed by atoms with van der Waals surface area (Å²) < 4.78 is 27.2. The first-order valence-electron chi connectivity index (χ1n) is 9.04. The van der Waals surface area contributed by atoms with Gasteiger partial charge < -0.3 is 11.1 Å². The number of fused-ring (bicyclic) bond motifs is 2. The topological polar surface area (TPSA) is 55.1 Å². The van der Waals surface area contributed by atoms with Crippen LogP contribution in [0.4, 0.5) is 8.78 Å². The van der Waals surface area contributed by atoms with E-state index in [2.05, 4.69) is 5.32 Å². The number of benzene rings is 1. The zero-order valence-electron chi connectivity index (χ0n) is 14.1. The maximum Gasteiger partial charge on any atom is 0.223 e. The number of amides is 1. The first-order chi connectivity index (χ1) is 11.5. The monoisotopic (exact) mass is 370 g/mol. The summed E-state index contributed by atoms with van der Waals surface area (Å²) in [7, 11) is 0. The fraction of sp³-hybridized carbons (Fsp3) is 0.632. The van der Waals surface area contributed by atoms with E-state index >= 15 is 0 Å². The molecule has 4 atom stereocenters. The molecule has 0 saturated heterocycles. The van der Waals surface area contributed by atoms with Crippen LogP contribution in [0, 0.1) is 29.4 Å². The molecule has 1 aromatic carbocycles. The van der Waals surface area contributed by atoms with Gasteiger partial charge in [0.15, 0.2) is 0 Å². The molecule has 6 heteroatoms. The Labute approximate surface area is 153 Å². The molecular formula is C19H25ClF2N2O. The Morgan fingerprint density at radius 2 is 1.80 bits per heavy atom. The SMILES string of the molecule is Cl.NC1CC2CCCC(C1)C2NC(=O)C1CC1c1cc(F)ccc1F. The second-order valence-corrected chi connectivity index (χ2v) is 7.83. The standard InChI is InChI=1S/C19H24F2N2O.ClH/c20-12-4-5-17(21)15(8-12)14-9-16(14)19(24)23-18-10-2-1-3-11(18)7-13(22)6-10;/h4-5,8,10-11,13-14,16,18H,1-3,6-7,9,22H2,(H,23,24);1H. The van der Waals surface area contributed by atoms with Gasteiger partial charge in [-0.25, -0.2) is 8.78 Å². The number of hydrogen-bond donors (Lipinski definition) is 2. The highest BCUT2D eigenvalue weighted by Gasteiger charge is 2.48. The quantitative estimate of drug-likeness (QED) is 0.855. The molecule has 1 amide bonds. The lowest BCUT2D eigenvalue weighted by molar-refractivity contribution is -0.124. The van der Waals surface area contributed by atoms with E-state index in [9.17, 15) is 13.6 Å². The number of hydrogen-bond acceptors (Lipinski definition) is 2. The molecule has 0 spiro atoms. The van der Waals surface area contributed by atoms with Crippen LogP contribution in [-0.4, -0.2) is 18.0 Å². The summed E-state index contributed by atoms with van der Waals surface area (Å²) in [4.78, 5) is 12.6. The van der Waals surface area contributed by atoms with E-state index in [0.717, 1.165) is 37.8 Å². The number of carbonyl (C=O) groups is 1. The van der Waals surface area contributed by atoms with Crippen molar-refractivity contribution >= 4 is 18.3 Å². The maximum absolute atomic E-state index is 13.9. The van der Waals surface area contributed by atoms with Crippen molar-refractivity contribution in [1.29, 1.82) is 0 Å². The summed E-state index contributed by atoms with van der Waals surface area (Å²) in [6.07, 6.45) is 6.04. The average molecular weight is 371 g/mol. The Morgan fingerprint density at radius 1 is 1.12 bits per heavy atom. The van der Waals surface area contributed by atoms with Crippen molar-refractivity contribution in [2.24, 2.45) is 23.5 Å². The molecule has 25 heavy (non-hydrogen) atoms. The molecular weight excluding hydrogens is 346 g/mol. The number of rotatable bonds is 3. The van der Waals surface area contributed by atoms with Gasteiger partial charge >= 0.3 is 0 Å². The Balaban J connectivity index is 0.00000182. The highest BCUT2D eigenvalue weighted by Crippen LogP contribution is 2.49. The van der Waals surface area contributed by atoms with Gasteiger partial charge in [0.05, 0.1) is 0 Å². The van der Waals surface area contributed by atoms with Crippen molar-refractivity contribution in [3.8, 4) is 0 Å². The number of halogens is 3. The van der Waals surface area contributed by atoms with E-state index in [-0.39, 0.29) is 42.2 Å². The van der Waals surface area contributed by atoms with Crippen LogP contribution >= 0.6 is 12.4 Å². The number of carbonyl (C=O) groups excluding carboxylic acids is 1. The highest BCUT2D eigenvalue weighted by atomic mass is 35.5. The van der Waals surface area contributed by atoms with Crippen LogP contribution in [-0.2, 0) is 4.79 Å². The van der Waals surface area contributed by atoms with E-state index in [1.165, 1.54) is 12.5 Å². The van der Waals surface area contributed by atoms with E-state index in [1.54, 1.807) is 0 Å². The molecule has 2 bridgehead atoms. The molecule has 0 heterocycles. The number of nitrogens with one attached hydrogen (secondary N) is 1. The summed E-state index contributed by atoms with van der Waals surface area (Å²) in [6.45, 7) is 0. The smallest absolute Gasteiger partial charge is 0.223 e. The lowest BCUT2D eigenvalue weighted by atomic mass is 9.67. The maximum atomic E-state index is 13.9. The molecule has 4 rings (SSSR count). The zero-order valence-corrected chi connectivity index (χ0v) is 14.9. The van der Waals surface area contributed by atoms with E-state index in [4.69, 9.17) is 5.73 Å². The van der Waals surface area contributed by atoms with E-state index in [0.29, 0.717) is 23.8 Å². The Hall–Kier alpha value is -1.20. The fourth-order valence-electron chi connectivity index (χ4n) is 4.92. The molecule has 1 aromatic rings. The molecule has 3 N–H and O–H groups in total. The molecule has 3 aliphatic rings. The van der Waals surface area contributed by atoms with E-state index < -0.39 is 11.6 Å². The van der Waals surface area contributed by atoms with Crippen LogP contribution in [0.25, 0.3) is 0 Å². The second kappa shape index (κ2) is 7.20. The van der Waals surface area contributed by atoms with Crippen molar-refractivity contribution in [2.75, 3.05) is 0 Å². The normalized spacial score (nSPS) is 36.3. The molecule has 0 aliphatic heterocycles. The summed E-state index contributed by atoms with van der Waals surface area (Å²) >= 11 is 0. The largest absolute Gasteiger partial charge is 0.353 e. The van der Waals surface area contributed by atoms with Gasteiger partial charge in [0.2, 0.25) is 5.91 Å². The van der Waals surface area contributed by atoms with Crippen LogP contribution in [0.2, 0.25) is 0 Å². The van der Waals surface area contributed by atoms with Gasteiger partial charge in [0, 0.05) is 18.0 Å². The third kappa shape index (κ3) is 3.68. The van der Waals surface area contributed by atoms with Crippen molar-refractivity contribution in [3.05, 3.63) is 35.4 Å². The van der Waals surface area contributed by atoms with Gasteiger partial charge in [-0.3, -0.25) is 4.79 Å². The predicted molar refractivity (Wildman–Crippen MR) is 94.4 cm³/mol. The average Bonchev–Trinajstić information content (AvgIpc) is 3.31. The minimum absolute atomic E-state index is 0. The minimum Gasteiger partial charge on any atom is -0.353 e. The molecule has 3 saturated carbocycles. The Morgan fingerprint density at radius 3 is 2.48 bits per heavy atom. The molecule has 3 aliphatic carbocycles. The Bertz CT molecular complexity index is 642. The second-order valence-electron chi connectivity index (χ2n) is 7.83. The number of nitrogens with two attached hydrogens (primary N) is 1. The first kappa shape index (κ1) is 18.6. The lowest BCUT2D eigenvalue weighted by Crippen LogP contribution is -2.54. The molecule has 0 radical (unpaired) electrons. The van der Waals surface area contributed by atoms with Crippen LogP contribution in [0.3, 0.4) is 0 Å². The third-order valence-corrected chi connectivity index (χ3v) is 6.17. The predicted octanol–water partition coefficient (Wildman–Crippen LogP) is 3.51. The summed E-state index contributed by atoms with van der Waals surface area (Å²) in [5, 5.41) is 3.23. The Kier molecular flexibility index (Phi) is 5.35. The molecule has 0 aromatic heterocycles. The van der Waals surface area contributed by atoms with Gasteiger partial charge in [-0.2, -0.15) is 0 Å².